The molecule has 0 amide bonds. The molecule has 4 aromatic rings. The van der Waals surface area contributed by atoms with Crippen LogP contribution in [0.2, 0.25) is 5.02 Å². The highest BCUT2D eigenvalue weighted by molar-refractivity contribution is 6.38. The first-order valence-electron chi connectivity index (χ1n) is 7.74. The lowest BCUT2D eigenvalue weighted by atomic mass is 10.2. The van der Waals surface area contributed by atoms with E-state index in [4.69, 9.17) is 16.3 Å². The number of benzene rings is 2. The van der Waals surface area contributed by atoms with Gasteiger partial charge in [0.15, 0.2) is 0 Å². The Morgan fingerprint density at radius 2 is 1.92 bits per heavy atom. The number of aromatic amines is 1. The zero-order valence-electron chi connectivity index (χ0n) is 13.1. The molecule has 0 fully saturated rings. The number of esters is 1. The van der Waals surface area contributed by atoms with Gasteiger partial charge in [-0.25, -0.2) is 9.48 Å². The molecule has 5 nitrogen and oxygen atoms in total. The molecule has 124 valence electrons. The fourth-order valence-corrected chi connectivity index (χ4v) is 2.93. The summed E-state index contributed by atoms with van der Waals surface area (Å²) >= 11 is 6.27. The van der Waals surface area contributed by atoms with Gasteiger partial charge in [-0.1, -0.05) is 41.9 Å². The third-order valence-electron chi connectivity index (χ3n) is 3.92. The molecule has 6 heteroatoms. The van der Waals surface area contributed by atoms with Crippen LogP contribution in [0.5, 0.6) is 0 Å². The Labute approximate surface area is 148 Å². The van der Waals surface area contributed by atoms with Crippen molar-refractivity contribution in [1.29, 1.82) is 0 Å². The number of nitrogens with zero attached hydrogens (tertiary/aromatic N) is 2. The largest absolute Gasteiger partial charge is 0.456 e. The van der Waals surface area contributed by atoms with Crippen molar-refractivity contribution >= 4 is 28.5 Å². The number of nitrogens with one attached hydrogen (secondary N) is 1. The van der Waals surface area contributed by atoms with Crippen LogP contribution in [-0.4, -0.2) is 20.7 Å². The van der Waals surface area contributed by atoms with Crippen LogP contribution in [0.15, 0.2) is 67.0 Å². The molecule has 0 saturated carbocycles. The highest BCUT2D eigenvalue weighted by atomic mass is 35.5. The standard InChI is InChI=1S/C19H14ClN3O2/c20-17-15-4-1-2-5-16(15)22-18(17)19(24)25-12-13-6-8-14(9-7-13)23-11-3-10-21-23/h1-11,22H,12H2. The summed E-state index contributed by atoms with van der Waals surface area (Å²) in [5, 5.41) is 5.36. The fourth-order valence-electron chi connectivity index (χ4n) is 2.64. The number of hydrogen-bond acceptors (Lipinski definition) is 3. The molecule has 0 aliphatic carbocycles. The summed E-state index contributed by atoms with van der Waals surface area (Å²) in [5.41, 5.74) is 2.91. The van der Waals surface area contributed by atoms with Gasteiger partial charge in [-0.15, -0.1) is 0 Å². The van der Waals surface area contributed by atoms with E-state index in [1.165, 1.54) is 0 Å². The number of carbonyl (C=O) groups excluding carboxylic acids is 1. The Balaban J connectivity index is 1.47. The van der Waals surface area contributed by atoms with Crippen molar-refractivity contribution in [3.63, 3.8) is 0 Å². The molecule has 0 saturated heterocycles. The van der Waals surface area contributed by atoms with Gasteiger partial charge in [0.1, 0.15) is 12.3 Å². The Morgan fingerprint density at radius 1 is 1.12 bits per heavy atom. The highest BCUT2D eigenvalue weighted by Crippen LogP contribution is 2.27. The third kappa shape index (κ3) is 3.02. The molecule has 0 unspecified atom stereocenters. The topological polar surface area (TPSA) is 59.9 Å². The normalized spacial score (nSPS) is 10.9. The summed E-state index contributed by atoms with van der Waals surface area (Å²) in [5.74, 6) is -0.475. The molecule has 2 aromatic carbocycles. The lowest BCUT2D eigenvalue weighted by molar-refractivity contribution is 0.0467. The molecule has 0 radical (unpaired) electrons. The molecule has 4 rings (SSSR count). The summed E-state index contributed by atoms with van der Waals surface area (Å²) in [6.07, 6.45) is 3.59. The number of para-hydroxylation sites is 1. The predicted octanol–water partition coefficient (Wildman–Crippen LogP) is 4.36. The molecule has 0 bridgehead atoms. The van der Waals surface area contributed by atoms with E-state index in [-0.39, 0.29) is 12.3 Å². The Hall–Kier alpha value is -3.05. The highest BCUT2D eigenvalue weighted by Gasteiger charge is 2.17. The van der Waals surface area contributed by atoms with Gasteiger partial charge in [0, 0.05) is 23.3 Å². The number of halogens is 1. The zero-order valence-corrected chi connectivity index (χ0v) is 13.9. The first-order valence-corrected chi connectivity index (χ1v) is 8.12. The molecular formula is C19H14ClN3O2. The minimum absolute atomic E-state index is 0.171. The van der Waals surface area contributed by atoms with E-state index in [2.05, 4.69) is 10.1 Å². The van der Waals surface area contributed by atoms with E-state index in [9.17, 15) is 4.79 Å². The van der Waals surface area contributed by atoms with Crippen molar-refractivity contribution < 1.29 is 9.53 Å². The summed E-state index contributed by atoms with van der Waals surface area (Å²) in [7, 11) is 0. The van der Waals surface area contributed by atoms with Gasteiger partial charge >= 0.3 is 5.97 Å². The summed E-state index contributed by atoms with van der Waals surface area (Å²) in [6, 6.07) is 17.0. The fraction of sp³-hybridized carbons (Fsp3) is 0.0526. The minimum Gasteiger partial charge on any atom is -0.456 e. The van der Waals surface area contributed by atoms with Gasteiger partial charge in [0.2, 0.25) is 0 Å². The molecular weight excluding hydrogens is 338 g/mol. The van der Waals surface area contributed by atoms with E-state index >= 15 is 0 Å². The van der Waals surface area contributed by atoms with Crippen LogP contribution in [0, 0.1) is 0 Å². The van der Waals surface area contributed by atoms with Gasteiger partial charge < -0.3 is 9.72 Å². The summed E-state index contributed by atoms with van der Waals surface area (Å²) in [6.45, 7) is 0.171. The molecule has 0 atom stereocenters. The van der Waals surface area contributed by atoms with Crippen molar-refractivity contribution in [1.82, 2.24) is 14.8 Å². The number of aromatic nitrogens is 3. The molecule has 2 heterocycles. The van der Waals surface area contributed by atoms with E-state index < -0.39 is 5.97 Å². The van der Waals surface area contributed by atoms with Gasteiger partial charge in [0.25, 0.3) is 0 Å². The second-order valence-electron chi connectivity index (χ2n) is 5.55. The lowest BCUT2D eigenvalue weighted by Crippen LogP contribution is -2.06. The van der Waals surface area contributed by atoms with Crippen molar-refractivity contribution in [2.24, 2.45) is 0 Å². The number of fused-ring (bicyclic) bond motifs is 1. The maximum Gasteiger partial charge on any atom is 0.356 e. The zero-order chi connectivity index (χ0) is 17.2. The molecule has 0 aliphatic rings. The van der Waals surface area contributed by atoms with Gasteiger partial charge in [-0.05, 0) is 29.8 Å². The predicted molar refractivity (Wildman–Crippen MR) is 96.0 cm³/mol. The molecule has 25 heavy (non-hydrogen) atoms. The first kappa shape index (κ1) is 15.5. The Bertz CT molecular complexity index is 1020. The molecule has 0 spiro atoms. The van der Waals surface area contributed by atoms with Crippen LogP contribution in [-0.2, 0) is 11.3 Å². The van der Waals surface area contributed by atoms with E-state index in [0.29, 0.717) is 5.02 Å². The average molecular weight is 352 g/mol. The van der Waals surface area contributed by atoms with Gasteiger partial charge in [-0.3, -0.25) is 0 Å². The SMILES string of the molecule is O=C(OCc1ccc(-n2cccn2)cc1)c1[nH]c2ccccc2c1Cl. The maximum atomic E-state index is 12.3. The number of ether oxygens (including phenoxy) is 1. The van der Waals surface area contributed by atoms with Crippen molar-refractivity contribution in [3.05, 3.63) is 83.3 Å². The van der Waals surface area contributed by atoms with Crippen LogP contribution in [0.3, 0.4) is 0 Å². The number of rotatable bonds is 4. The minimum atomic E-state index is -0.475. The second kappa shape index (κ2) is 6.45. The molecule has 0 aliphatic heterocycles. The quantitative estimate of drug-likeness (QED) is 0.555. The smallest absolute Gasteiger partial charge is 0.356 e. The number of hydrogen-bond donors (Lipinski definition) is 1. The van der Waals surface area contributed by atoms with Crippen LogP contribution in [0.4, 0.5) is 0 Å². The lowest BCUT2D eigenvalue weighted by Gasteiger charge is -2.06. The van der Waals surface area contributed by atoms with E-state index in [1.807, 2.05) is 60.8 Å². The van der Waals surface area contributed by atoms with Crippen LogP contribution >= 0.6 is 11.6 Å². The molecule has 2 aromatic heterocycles. The van der Waals surface area contributed by atoms with E-state index in [0.717, 1.165) is 22.2 Å². The Morgan fingerprint density at radius 3 is 2.64 bits per heavy atom. The van der Waals surface area contributed by atoms with Crippen molar-refractivity contribution in [2.45, 2.75) is 6.61 Å². The molecule has 1 N–H and O–H groups in total. The van der Waals surface area contributed by atoms with Crippen molar-refractivity contribution in [2.75, 3.05) is 0 Å². The summed E-state index contributed by atoms with van der Waals surface area (Å²) in [4.78, 5) is 15.3. The maximum absolute atomic E-state index is 12.3. The van der Waals surface area contributed by atoms with Crippen molar-refractivity contribution in [3.8, 4) is 5.69 Å². The summed E-state index contributed by atoms with van der Waals surface area (Å²) < 4.78 is 7.14. The number of H-pyrrole nitrogens is 1. The average Bonchev–Trinajstić information content (AvgIpc) is 3.29. The number of carbonyl (C=O) groups is 1. The Kier molecular flexibility index (Phi) is 3.99. The van der Waals surface area contributed by atoms with E-state index in [1.54, 1.807) is 10.9 Å². The van der Waals surface area contributed by atoms with Crippen LogP contribution in [0.25, 0.3) is 16.6 Å². The van der Waals surface area contributed by atoms with Gasteiger partial charge in [-0.2, -0.15) is 5.10 Å². The van der Waals surface area contributed by atoms with Crippen LogP contribution in [0.1, 0.15) is 16.1 Å². The second-order valence-corrected chi connectivity index (χ2v) is 5.93. The van der Waals surface area contributed by atoms with Crippen LogP contribution < -0.4 is 0 Å². The third-order valence-corrected chi connectivity index (χ3v) is 4.31. The first-order chi connectivity index (χ1) is 12.2. The monoisotopic (exact) mass is 351 g/mol. The van der Waals surface area contributed by atoms with Gasteiger partial charge in [0.05, 0.1) is 10.7 Å².